The van der Waals surface area contributed by atoms with Crippen LogP contribution in [0.3, 0.4) is 0 Å². The monoisotopic (exact) mass is 814 g/mol. The van der Waals surface area contributed by atoms with Crippen molar-refractivity contribution in [2.75, 3.05) is 13.2 Å². The SMILES string of the molecule is CCCCC[C@@H]1O[C@@H](O[C@H]2[C@H](O[C@H]3[C@H](O)[C@@H](O)C(O)O[C@@H]3CO)O[C@H](CO)[C@H](O)[C@@H]2O)[C@@H](OCc2ccccc2)[C@H](OCc2ccccc2)[C@@H]1OCc1ccccc1. The van der Waals surface area contributed by atoms with Gasteiger partial charge < -0.3 is 73.6 Å². The molecule has 7 N–H and O–H groups in total. The number of benzene rings is 3. The molecule has 15 nitrogen and oxygen atoms in total. The lowest BCUT2D eigenvalue weighted by atomic mass is 9.93. The fraction of sp³-hybridized carbons (Fsp3) is 0.581. The minimum absolute atomic E-state index is 0.106. The third-order valence-corrected chi connectivity index (χ3v) is 10.8. The average Bonchev–Trinajstić information content (AvgIpc) is 3.25. The smallest absolute Gasteiger partial charge is 0.187 e. The van der Waals surface area contributed by atoms with Gasteiger partial charge in [0.2, 0.25) is 0 Å². The van der Waals surface area contributed by atoms with E-state index in [0.29, 0.717) is 6.42 Å². The van der Waals surface area contributed by atoms with E-state index in [1.807, 2.05) is 91.0 Å². The summed E-state index contributed by atoms with van der Waals surface area (Å²) in [6, 6.07) is 28.9. The zero-order valence-electron chi connectivity index (χ0n) is 32.6. The Morgan fingerprint density at radius 2 is 0.931 bits per heavy atom. The van der Waals surface area contributed by atoms with E-state index in [0.717, 1.165) is 36.0 Å². The number of aliphatic hydroxyl groups is 7. The van der Waals surface area contributed by atoms with Crippen LogP contribution in [0.1, 0.15) is 49.3 Å². The van der Waals surface area contributed by atoms with E-state index in [1.54, 1.807) is 0 Å². The lowest BCUT2D eigenvalue weighted by molar-refractivity contribution is -0.392. The van der Waals surface area contributed by atoms with Gasteiger partial charge in [-0.1, -0.05) is 117 Å². The number of rotatable bonds is 19. The molecule has 0 spiro atoms. The molecule has 3 aromatic rings. The van der Waals surface area contributed by atoms with E-state index in [2.05, 4.69) is 6.92 Å². The Balaban J connectivity index is 1.37. The van der Waals surface area contributed by atoms with Crippen molar-refractivity contribution in [3.63, 3.8) is 0 Å². The molecular weight excluding hydrogens is 756 g/mol. The largest absolute Gasteiger partial charge is 0.394 e. The maximum Gasteiger partial charge on any atom is 0.187 e. The van der Waals surface area contributed by atoms with E-state index < -0.39 is 105 Å². The van der Waals surface area contributed by atoms with Crippen molar-refractivity contribution in [1.29, 1.82) is 0 Å². The molecule has 320 valence electrons. The molecule has 3 fully saturated rings. The molecule has 6 rings (SSSR count). The van der Waals surface area contributed by atoms with Gasteiger partial charge in [-0.25, -0.2) is 0 Å². The summed E-state index contributed by atoms with van der Waals surface area (Å²) in [5.41, 5.74) is 2.69. The highest BCUT2D eigenvalue weighted by atomic mass is 16.8. The van der Waals surface area contributed by atoms with Gasteiger partial charge in [-0.05, 0) is 23.1 Å². The first kappa shape index (κ1) is 44.6. The maximum atomic E-state index is 11.6. The van der Waals surface area contributed by atoms with Crippen molar-refractivity contribution in [2.24, 2.45) is 0 Å². The fourth-order valence-corrected chi connectivity index (χ4v) is 7.54. The van der Waals surface area contributed by atoms with E-state index in [-0.39, 0.29) is 19.8 Å². The minimum Gasteiger partial charge on any atom is -0.394 e. The highest BCUT2D eigenvalue weighted by Gasteiger charge is 2.55. The Morgan fingerprint density at radius 3 is 1.47 bits per heavy atom. The second kappa shape index (κ2) is 22.1. The molecular formula is C43H58O15. The van der Waals surface area contributed by atoms with Crippen molar-refractivity contribution in [3.8, 4) is 0 Å². The average molecular weight is 815 g/mol. The van der Waals surface area contributed by atoms with Crippen LogP contribution in [-0.4, -0.2) is 141 Å². The van der Waals surface area contributed by atoms with E-state index in [9.17, 15) is 35.7 Å². The van der Waals surface area contributed by atoms with Gasteiger partial charge in [0.05, 0.1) is 39.1 Å². The summed E-state index contributed by atoms with van der Waals surface area (Å²) in [5.74, 6) is 0. The number of hydrogen-bond donors (Lipinski definition) is 7. The van der Waals surface area contributed by atoms with Gasteiger partial charge in [-0.3, -0.25) is 0 Å². The molecule has 0 aliphatic carbocycles. The molecule has 15 heteroatoms. The maximum absolute atomic E-state index is 11.6. The lowest BCUT2D eigenvalue weighted by Gasteiger charge is -2.50. The summed E-state index contributed by atoms with van der Waals surface area (Å²) in [5, 5.41) is 74.4. The van der Waals surface area contributed by atoms with E-state index in [1.165, 1.54) is 0 Å². The Kier molecular flexibility index (Phi) is 17.0. The van der Waals surface area contributed by atoms with Crippen LogP contribution in [0.15, 0.2) is 91.0 Å². The Labute approximate surface area is 338 Å². The van der Waals surface area contributed by atoms with Gasteiger partial charge >= 0.3 is 0 Å². The third kappa shape index (κ3) is 11.3. The minimum atomic E-state index is -1.82. The molecule has 3 heterocycles. The van der Waals surface area contributed by atoms with Crippen LogP contribution in [0.2, 0.25) is 0 Å². The van der Waals surface area contributed by atoms with Crippen LogP contribution in [0, 0.1) is 0 Å². The first-order valence-corrected chi connectivity index (χ1v) is 20.1. The summed E-state index contributed by atoms with van der Waals surface area (Å²) in [6.07, 6.45) is -17.5. The molecule has 3 saturated heterocycles. The van der Waals surface area contributed by atoms with Crippen LogP contribution in [0.25, 0.3) is 0 Å². The summed E-state index contributed by atoms with van der Waals surface area (Å²) in [6.45, 7) is 1.18. The van der Waals surface area contributed by atoms with Crippen molar-refractivity contribution in [2.45, 2.75) is 145 Å². The summed E-state index contributed by atoms with van der Waals surface area (Å²) < 4.78 is 50.9. The van der Waals surface area contributed by atoms with Gasteiger partial charge in [-0.2, -0.15) is 0 Å². The Morgan fingerprint density at radius 1 is 0.466 bits per heavy atom. The number of unbranched alkanes of at least 4 members (excludes halogenated alkanes) is 2. The first-order chi connectivity index (χ1) is 28.2. The Hall–Kier alpha value is -2.94. The van der Waals surface area contributed by atoms with Gasteiger partial charge in [0.1, 0.15) is 67.1 Å². The number of aliphatic hydroxyl groups excluding tert-OH is 7. The quantitative estimate of drug-likeness (QED) is 0.0858. The van der Waals surface area contributed by atoms with Crippen LogP contribution in [0.5, 0.6) is 0 Å². The molecule has 3 aliphatic heterocycles. The zero-order valence-corrected chi connectivity index (χ0v) is 32.6. The second-order valence-electron chi connectivity index (χ2n) is 15.0. The highest BCUT2D eigenvalue weighted by Crippen LogP contribution is 2.37. The summed E-state index contributed by atoms with van der Waals surface area (Å²) in [4.78, 5) is 0. The molecule has 0 aromatic heterocycles. The van der Waals surface area contributed by atoms with Crippen molar-refractivity contribution < 1.29 is 73.6 Å². The van der Waals surface area contributed by atoms with Gasteiger partial charge in [-0.15, -0.1) is 0 Å². The van der Waals surface area contributed by atoms with Gasteiger partial charge in [0.15, 0.2) is 18.9 Å². The van der Waals surface area contributed by atoms with Crippen molar-refractivity contribution >= 4 is 0 Å². The lowest BCUT2D eigenvalue weighted by Crippen LogP contribution is -2.67. The van der Waals surface area contributed by atoms with Crippen LogP contribution < -0.4 is 0 Å². The van der Waals surface area contributed by atoms with Crippen LogP contribution >= 0.6 is 0 Å². The van der Waals surface area contributed by atoms with Crippen molar-refractivity contribution in [3.05, 3.63) is 108 Å². The van der Waals surface area contributed by atoms with E-state index in [4.69, 9.17) is 37.9 Å². The molecule has 0 bridgehead atoms. The standard InChI is InChI=1S/C43H58O15/c1-2-3-7-20-29-37(51-23-26-14-8-4-9-15-26)39(52-24-27-16-10-5-11-17-27)40(53-25-28-18-12-6-13-19-28)43(55-29)58-38-33(47)32(46)30(21-44)56-42(38)57-36-31(22-45)54-41(50)35(49)34(36)48/h4-6,8-19,29-50H,2-3,7,20-25H2,1H3/t29-,30+,31+,32-,33-,34+,35+,36+,37+,38+,39+,40-,41?,42-,43-/m0/s1. The van der Waals surface area contributed by atoms with Gasteiger partial charge in [0.25, 0.3) is 0 Å². The topological polar surface area (TPSA) is 215 Å². The molecule has 15 atom stereocenters. The Bertz CT molecular complexity index is 1590. The van der Waals surface area contributed by atoms with Gasteiger partial charge in [0, 0.05) is 0 Å². The molecule has 0 saturated carbocycles. The van der Waals surface area contributed by atoms with E-state index >= 15 is 0 Å². The number of hydrogen-bond acceptors (Lipinski definition) is 15. The highest BCUT2D eigenvalue weighted by molar-refractivity contribution is 5.16. The summed E-state index contributed by atoms with van der Waals surface area (Å²) in [7, 11) is 0. The van der Waals surface area contributed by atoms with Crippen LogP contribution in [-0.2, 0) is 57.7 Å². The normalized spacial score (nSPS) is 35.5. The second-order valence-corrected chi connectivity index (χ2v) is 15.0. The van der Waals surface area contributed by atoms with Crippen molar-refractivity contribution in [1.82, 2.24) is 0 Å². The third-order valence-electron chi connectivity index (χ3n) is 10.8. The molecule has 1 unspecified atom stereocenters. The fourth-order valence-electron chi connectivity index (χ4n) is 7.54. The zero-order chi connectivity index (χ0) is 41.0. The van der Waals surface area contributed by atoms with Crippen LogP contribution in [0.4, 0.5) is 0 Å². The summed E-state index contributed by atoms with van der Waals surface area (Å²) >= 11 is 0. The molecule has 3 aromatic carbocycles. The predicted molar refractivity (Wildman–Crippen MR) is 205 cm³/mol. The molecule has 0 amide bonds. The molecule has 58 heavy (non-hydrogen) atoms. The predicted octanol–water partition coefficient (Wildman–Crippen LogP) is 1.69. The first-order valence-electron chi connectivity index (χ1n) is 20.1. The molecule has 0 radical (unpaired) electrons. The molecule has 3 aliphatic rings. The number of ether oxygens (including phenoxy) is 8.